The summed E-state index contributed by atoms with van der Waals surface area (Å²) in [6.07, 6.45) is -0.675. The Bertz CT molecular complexity index is 530. The molecule has 0 aliphatic carbocycles. The van der Waals surface area contributed by atoms with Gasteiger partial charge in [0.2, 0.25) is 3.79 Å². The van der Waals surface area contributed by atoms with Crippen molar-refractivity contribution in [2.24, 2.45) is 0 Å². The largest absolute Gasteiger partial charge is 0.332 e. The van der Waals surface area contributed by atoms with Crippen LogP contribution in [0.15, 0.2) is 28.7 Å². The molecular formula is C14H17BrCl3N3O. The maximum Gasteiger partial charge on any atom is 0.253 e. The van der Waals surface area contributed by atoms with Crippen LogP contribution in [0, 0.1) is 0 Å². The lowest BCUT2D eigenvalue weighted by atomic mass is 10.2. The highest BCUT2D eigenvalue weighted by atomic mass is 79.9. The predicted molar refractivity (Wildman–Crippen MR) is 94.8 cm³/mol. The van der Waals surface area contributed by atoms with E-state index in [2.05, 4.69) is 26.1 Å². The van der Waals surface area contributed by atoms with Gasteiger partial charge in [-0.3, -0.25) is 9.69 Å². The van der Waals surface area contributed by atoms with Gasteiger partial charge in [-0.05, 0) is 35.1 Å². The number of nitrogens with zero attached hydrogens (tertiary/aromatic N) is 2. The molecule has 0 spiro atoms. The predicted octanol–water partition coefficient (Wildman–Crippen LogP) is 3.12. The monoisotopic (exact) mass is 427 g/mol. The molecule has 0 radical (unpaired) electrons. The molecule has 2 rings (SSSR count). The van der Waals surface area contributed by atoms with Gasteiger partial charge in [-0.25, -0.2) is 0 Å². The minimum Gasteiger partial charge on any atom is -0.332 e. The number of halogens is 4. The molecular weight excluding hydrogens is 412 g/mol. The van der Waals surface area contributed by atoms with Crippen LogP contribution in [0.4, 0.5) is 0 Å². The molecule has 1 aliphatic heterocycles. The van der Waals surface area contributed by atoms with Gasteiger partial charge in [0.1, 0.15) is 6.17 Å². The molecule has 22 heavy (non-hydrogen) atoms. The van der Waals surface area contributed by atoms with Crippen LogP contribution >= 0.6 is 50.7 Å². The first kappa shape index (κ1) is 18.3. The number of hydrogen-bond acceptors (Lipinski definition) is 3. The van der Waals surface area contributed by atoms with Crippen molar-refractivity contribution in [3.63, 3.8) is 0 Å². The molecule has 1 aromatic rings. The molecule has 1 saturated heterocycles. The molecule has 0 bridgehead atoms. The summed E-state index contributed by atoms with van der Waals surface area (Å²) in [5.41, 5.74) is 0.510. The molecule has 122 valence electrons. The fraction of sp³-hybridized carbons (Fsp3) is 0.500. The van der Waals surface area contributed by atoms with Gasteiger partial charge in [0.25, 0.3) is 5.91 Å². The standard InChI is InChI=1S/C14H17BrCl3N3O/c1-20-6-8-21(9-7-20)13(14(16,17)18)19-12(22)10-4-2-3-5-11(10)15/h2-5,13H,6-9H2,1H3,(H,19,22)/t13-/m1/s1. The summed E-state index contributed by atoms with van der Waals surface area (Å²) in [5, 5.41) is 2.84. The van der Waals surface area contributed by atoms with Crippen molar-refractivity contribution in [1.29, 1.82) is 0 Å². The van der Waals surface area contributed by atoms with Crippen LogP contribution in [0.1, 0.15) is 10.4 Å². The third-order valence-electron chi connectivity index (χ3n) is 3.60. The minimum absolute atomic E-state index is 0.275. The van der Waals surface area contributed by atoms with Gasteiger partial charge in [0.15, 0.2) is 0 Å². The number of likely N-dealkylation sites (N-methyl/N-ethyl adjacent to an activating group) is 1. The van der Waals surface area contributed by atoms with Crippen LogP contribution < -0.4 is 5.32 Å². The third kappa shape index (κ3) is 4.73. The average molecular weight is 430 g/mol. The zero-order valence-electron chi connectivity index (χ0n) is 12.0. The molecule has 4 nitrogen and oxygen atoms in total. The Labute approximate surface area is 153 Å². The summed E-state index contributed by atoms with van der Waals surface area (Å²) in [4.78, 5) is 16.7. The van der Waals surface area contributed by atoms with Crippen molar-refractivity contribution in [1.82, 2.24) is 15.1 Å². The molecule has 1 fully saturated rings. The lowest BCUT2D eigenvalue weighted by Gasteiger charge is -2.40. The Morgan fingerprint density at radius 1 is 1.23 bits per heavy atom. The van der Waals surface area contributed by atoms with Crippen molar-refractivity contribution in [3.8, 4) is 0 Å². The fourth-order valence-corrected chi connectivity index (χ4v) is 3.35. The van der Waals surface area contributed by atoms with Gasteiger partial charge in [0.05, 0.1) is 5.56 Å². The second-order valence-electron chi connectivity index (χ2n) is 5.24. The fourth-order valence-electron chi connectivity index (χ4n) is 2.31. The maximum absolute atomic E-state index is 12.5. The Hall–Kier alpha value is -0.0400. The Balaban J connectivity index is 2.14. The SMILES string of the molecule is CN1CCN([C@@H](NC(=O)c2ccccc2Br)C(Cl)(Cl)Cl)CC1. The zero-order chi connectivity index (χ0) is 16.3. The van der Waals surface area contributed by atoms with Crippen LogP contribution in [-0.4, -0.2) is 58.9 Å². The first-order valence-corrected chi connectivity index (χ1v) is 8.76. The number of benzene rings is 1. The maximum atomic E-state index is 12.5. The van der Waals surface area contributed by atoms with E-state index in [9.17, 15) is 4.79 Å². The Morgan fingerprint density at radius 2 is 1.82 bits per heavy atom. The molecule has 1 aliphatic rings. The lowest BCUT2D eigenvalue weighted by Crippen LogP contribution is -2.60. The molecule has 0 saturated carbocycles. The van der Waals surface area contributed by atoms with Crippen LogP contribution in [0.5, 0.6) is 0 Å². The topological polar surface area (TPSA) is 35.6 Å². The number of alkyl halides is 3. The highest BCUT2D eigenvalue weighted by Crippen LogP contribution is 2.33. The van der Waals surface area contributed by atoms with Gasteiger partial charge in [-0.1, -0.05) is 46.9 Å². The van der Waals surface area contributed by atoms with E-state index in [1.165, 1.54) is 0 Å². The molecule has 1 aromatic carbocycles. The lowest BCUT2D eigenvalue weighted by molar-refractivity contribution is 0.0729. The summed E-state index contributed by atoms with van der Waals surface area (Å²) in [7, 11) is 2.04. The zero-order valence-corrected chi connectivity index (χ0v) is 15.9. The number of carbonyl (C=O) groups is 1. The number of rotatable bonds is 3. The van der Waals surface area contributed by atoms with Crippen molar-refractivity contribution >= 4 is 56.6 Å². The second kappa shape index (κ2) is 7.69. The smallest absolute Gasteiger partial charge is 0.253 e. The summed E-state index contributed by atoms with van der Waals surface area (Å²) in [5.74, 6) is -0.275. The number of amides is 1. The van der Waals surface area contributed by atoms with Gasteiger partial charge >= 0.3 is 0 Å². The third-order valence-corrected chi connectivity index (χ3v) is 4.91. The first-order chi connectivity index (χ1) is 10.3. The molecule has 1 N–H and O–H groups in total. The highest BCUT2D eigenvalue weighted by Gasteiger charge is 2.39. The number of carbonyl (C=O) groups excluding carboxylic acids is 1. The average Bonchev–Trinajstić information content (AvgIpc) is 2.45. The van der Waals surface area contributed by atoms with Crippen molar-refractivity contribution < 1.29 is 4.79 Å². The van der Waals surface area contributed by atoms with Gasteiger partial charge < -0.3 is 10.2 Å². The Morgan fingerprint density at radius 3 is 2.36 bits per heavy atom. The summed E-state index contributed by atoms with van der Waals surface area (Å²) in [6.45, 7) is 3.18. The van der Waals surface area contributed by atoms with E-state index in [-0.39, 0.29) is 5.91 Å². The first-order valence-electron chi connectivity index (χ1n) is 6.84. The summed E-state index contributed by atoms with van der Waals surface area (Å²) >= 11 is 21.6. The number of nitrogens with one attached hydrogen (secondary N) is 1. The quantitative estimate of drug-likeness (QED) is 0.750. The van der Waals surface area contributed by atoms with E-state index in [0.717, 1.165) is 26.2 Å². The molecule has 1 amide bonds. The van der Waals surface area contributed by atoms with Gasteiger partial charge in [-0.2, -0.15) is 0 Å². The van der Waals surface area contributed by atoms with E-state index < -0.39 is 9.96 Å². The van der Waals surface area contributed by atoms with Crippen LogP contribution in [0.25, 0.3) is 0 Å². The Kier molecular flexibility index (Phi) is 6.39. The van der Waals surface area contributed by atoms with E-state index in [0.29, 0.717) is 10.0 Å². The number of hydrogen-bond donors (Lipinski definition) is 1. The van der Waals surface area contributed by atoms with Gasteiger partial charge in [-0.15, -0.1) is 0 Å². The molecule has 8 heteroatoms. The van der Waals surface area contributed by atoms with Gasteiger partial charge in [0, 0.05) is 30.7 Å². The van der Waals surface area contributed by atoms with E-state index in [1.807, 2.05) is 18.0 Å². The molecule has 1 heterocycles. The van der Waals surface area contributed by atoms with E-state index in [1.54, 1.807) is 18.2 Å². The van der Waals surface area contributed by atoms with Crippen molar-refractivity contribution in [2.75, 3.05) is 33.2 Å². The number of piperazine rings is 1. The highest BCUT2D eigenvalue weighted by molar-refractivity contribution is 9.10. The normalized spacial score (nSPS) is 19.0. The van der Waals surface area contributed by atoms with E-state index in [4.69, 9.17) is 34.8 Å². The molecule has 0 unspecified atom stereocenters. The molecule has 0 aromatic heterocycles. The summed E-state index contributed by atoms with van der Waals surface area (Å²) in [6, 6.07) is 7.15. The van der Waals surface area contributed by atoms with Crippen LogP contribution in [0.2, 0.25) is 0 Å². The summed E-state index contributed by atoms with van der Waals surface area (Å²) < 4.78 is -0.902. The van der Waals surface area contributed by atoms with Crippen molar-refractivity contribution in [3.05, 3.63) is 34.3 Å². The second-order valence-corrected chi connectivity index (χ2v) is 8.46. The van der Waals surface area contributed by atoms with Crippen LogP contribution in [0.3, 0.4) is 0 Å². The van der Waals surface area contributed by atoms with E-state index >= 15 is 0 Å². The minimum atomic E-state index is -1.60. The van der Waals surface area contributed by atoms with Crippen LogP contribution in [-0.2, 0) is 0 Å². The van der Waals surface area contributed by atoms with Crippen molar-refractivity contribution in [2.45, 2.75) is 9.96 Å². The molecule has 1 atom stereocenters.